The van der Waals surface area contributed by atoms with Gasteiger partial charge < -0.3 is 19.5 Å². The number of ether oxygens (including phenoxy) is 3. The van der Waals surface area contributed by atoms with E-state index in [1.165, 1.54) is 33.5 Å². The van der Waals surface area contributed by atoms with Crippen molar-refractivity contribution in [3.05, 3.63) is 72.8 Å². The minimum absolute atomic E-state index is 0.0756. The van der Waals surface area contributed by atoms with Gasteiger partial charge in [-0.3, -0.25) is 9.10 Å². The van der Waals surface area contributed by atoms with Crippen LogP contribution in [0.1, 0.15) is 0 Å². The molecule has 3 aromatic carbocycles. The van der Waals surface area contributed by atoms with E-state index in [1.807, 2.05) is 0 Å². The van der Waals surface area contributed by atoms with Gasteiger partial charge in [-0.15, -0.1) is 0 Å². The van der Waals surface area contributed by atoms with Crippen molar-refractivity contribution in [1.29, 1.82) is 0 Å². The molecule has 0 aliphatic heterocycles. The molecule has 0 spiro atoms. The predicted molar refractivity (Wildman–Crippen MR) is 122 cm³/mol. The van der Waals surface area contributed by atoms with Gasteiger partial charge in [0, 0.05) is 23.9 Å². The zero-order chi connectivity index (χ0) is 23.1. The number of carbonyl (C=O) groups excluding carboxylic acids is 1. The Labute approximate surface area is 187 Å². The van der Waals surface area contributed by atoms with Crippen LogP contribution in [0.5, 0.6) is 17.2 Å². The van der Waals surface area contributed by atoms with E-state index >= 15 is 0 Å². The molecule has 0 heterocycles. The summed E-state index contributed by atoms with van der Waals surface area (Å²) in [6, 6.07) is 19.3. The summed E-state index contributed by atoms with van der Waals surface area (Å²) >= 11 is 0. The highest BCUT2D eigenvalue weighted by Gasteiger charge is 2.27. The Morgan fingerprint density at radius 2 is 1.38 bits per heavy atom. The largest absolute Gasteiger partial charge is 0.497 e. The van der Waals surface area contributed by atoms with E-state index < -0.39 is 22.5 Å². The van der Waals surface area contributed by atoms with Crippen LogP contribution in [0.4, 0.5) is 11.4 Å². The lowest BCUT2D eigenvalue weighted by Gasteiger charge is -2.24. The average molecular weight is 457 g/mol. The Morgan fingerprint density at radius 1 is 0.812 bits per heavy atom. The number of methoxy groups -OCH3 is 3. The van der Waals surface area contributed by atoms with Crippen molar-refractivity contribution < 1.29 is 27.4 Å². The smallest absolute Gasteiger partial charge is 0.264 e. The summed E-state index contributed by atoms with van der Waals surface area (Å²) in [7, 11) is 0.509. The second-order valence-corrected chi connectivity index (χ2v) is 8.53. The van der Waals surface area contributed by atoms with E-state index in [1.54, 1.807) is 60.7 Å². The molecule has 0 aromatic heterocycles. The van der Waals surface area contributed by atoms with Gasteiger partial charge in [0.1, 0.15) is 23.8 Å². The number of nitrogens with zero attached hydrogens (tertiary/aromatic N) is 1. The number of rotatable bonds is 9. The molecule has 0 bridgehead atoms. The summed E-state index contributed by atoms with van der Waals surface area (Å²) in [6.07, 6.45) is 0. The second-order valence-electron chi connectivity index (χ2n) is 6.67. The predicted octanol–water partition coefficient (Wildman–Crippen LogP) is 3.55. The fraction of sp³-hybridized carbons (Fsp3) is 0.174. The van der Waals surface area contributed by atoms with Crippen LogP contribution in [0, 0.1) is 0 Å². The van der Waals surface area contributed by atoms with Gasteiger partial charge in [-0.2, -0.15) is 0 Å². The number of nitrogens with one attached hydrogen (secondary N) is 1. The van der Waals surface area contributed by atoms with E-state index in [0.29, 0.717) is 28.6 Å². The molecule has 3 rings (SSSR count). The van der Waals surface area contributed by atoms with Crippen molar-refractivity contribution >= 4 is 27.3 Å². The van der Waals surface area contributed by atoms with Crippen molar-refractivity contribution in [3.8, 4) is 17.2 Å². The Hall–Kier alpha value is -3.72. The molecule has 0 aliphatic carbocycles. The van der Waals surface area contributed by atoms with Crippen molar-refractivity contribution in [2.75, 3.05) is 37.5 Å². The summed E-state index contributed by atoms with van der Waals surface area (Å²) in [5.41, 5.74) is 0.742. The third-order valence-electron chi connectivity index (χ3n) is 4.61. The number of anilines is 2. The minimum atomic E-state index is -4.00. The summed E-state index contributed by atoms with van der Waals surface area (Å²) in [5, 5.41) is 2.71. The summed E-state index contributed by atoms with van der Waals surface area (Å²) in [6.45, 7) is -0.441. The molecule has 0 atom stereocenters. The highest BCUT2D eigenvalue weighted by atomic mass is 32.2. The van der Waals surface area contributed by atoms with Crippen LogP contribution >= 0.6 is 0 Å². The molecule has 168 valence electrons. The molecular formula is C23H24N2O6S. The molecule has 1 N–H and O–H groups in total. The first kappa shape index (κ1) is 23.0. The molecule has 9 heteroatoms. The van der Waals surface area contributed by atoms with Gasteiger partial charge >= 0.3 is 0 Å². The molecule has 1 amide bonds. The fourth-order valence-corrected chi connectivity index (χ4v) is 4.44. The topological polar surface area (TPSA) is 94.2 Å². The van der Waals surface area contributed by atoms with Crippen LogP contribution < -0.4 is 23.8 Å². The quantitative estimate of drug-likeness (QED) is 0.529. The fourth-order valence-electron chi connectivity index (χ4n) is 2.99. The molecule has 32 heavy (non-hydrogen) atoms. The molecule has 0 saturated heterocycles. The Kier molecular flexibility index (Phi) is 7.21. The van der Waals surface area contributed by atoms with E-state index in [9.17, 15) is 13.2 Å². The van der Waals surface area contributed by atoms with Gasteiger partial charge in [0.2, 0.25) is 5.91 Å². The summed E-state index contributed by atoms with van der Waals surface area (Å²) < 4.78 is 43.3. The Morgan fingerprint density at radius 3 is 1.91 bits per heavy atom. The number of hydrogen-bond donors (Lipinski definition) is 1. The SMILES string of the molecule is COc1ccc(N(CC(=O)Nc2cc(OC)cc(OC)c2)S(=O)(=O)c2ccccc2)cc1. The van der Waals surface area contributed by atoms with Crippen LogP contribution in [0.25, 0.3) is 0 Å². The molecular weight excluding hydrogens is 432 g/mol. The summed E-state index contributed by atoms with van der Waals surface area (Å²) in [4.78, 5) is 12.9. The lowest BCUT2D eigenvalue weighted by atomic mass is 10.2. The maximum Gasteiger partial charge on any atom is 0.264 e. The normalized spacial score (nSPS) is 10.8. The lowest BCUT2D eigenvalue weighted by Crippen LogP contribution is -2.38. The van der Waals surface area contributed by atoms with Crippen LogP contribution in [0.15, 0.2) is 77.7 Å². The lowest BCUT2D eigenvalue weighted by molar-refractivity contribution is -0.114. The number of amides is 1. The Bertz CT molecular complexity index is 1140. The van der Waals surface area contributed by atoms with Crippen molar-refractivity contribution in [1.82, 2.24) is 0 Å². The van der Waals surface area contributed by atoms with Gasteiger partial charge in [-0.1, -0.05) is 18.2 Å². The van der Waals surface area contributed by atoms with Crippen molar-refractivity contribution in [3.63, 3.8) is 0 Å². The maximum absolute atomic E-state index is 13.4. The molecule has 0 fully saturated rings. The number of sulfonamides is 1. The highest BCUT2D eigenvalue weighted by molar-refractivity contribution is 7.92. The number of hydrogen-bond acceptors (Lipinski definition) is 6. The van der Waals surface area contributed by atoms with Gasteiger partial charge in [-0.25, -0.2) is 8.42 Å². The molecule has 0 unspecified atom stereocenters. The molecule has 0 aliphatic rings. The average Bonchev–Trinajstić information content (AvgIpc) is 2.82. The first-order chi connectivity index (χ1) is 15.4. The first-order valence-corrected chi connectivity index (χ1v) is 11.1. The van der Waals surface area contributed by atoms with Gasteiger partial charge in [0.25, 0.3) is 10.0 Å². The van der Waals surface area contributed by atoms with Gasteiger partial charge in [-0.05, 0) is 36.4 Å². The second kappa shape index (κ2) is 10.1. The maximum atomic E-state index is 13.4. The van der Waals surface area contributed by atoms with E-state index in [4.69, 9.17) is 14.2 Å². The van der Waals surface area contributed by atoms with E-state index in [2.05, 4.69) is 5.32 Å². The molecule has 0 radical (unpaired) electrons. The standard InChI is InChI=1S/C23H24N2O6S/c1-29-19-11-9-18(10-12-19)25(32(27,28)22-7-5-4-6-8-22)16-23(26)24-17-13-20(30-2)15-21(14-17)31-3/h4-15H,16H2,1-3H3,(H,24,26). The van der Waals surface area contributed by atoms with E-state index in [-0.39, 0.29) is 4.90 Å². The zero-order valence-electron chi connectivity index (χ0n) is 17.9. The van der Waals surface area contributed by atoms with Crippen LogP contribution in [-0.4, -0.2) is 42.2 Å². The monoisotopic (exact) mass is 456 g/mol. The summed E-state index contributed by atoms with van der Waals surface area (Å²) in [5.74, 6) is 1.02. The molecule has 3 aromatic rings. The Balaban J connectivity index is 1.92. The third-order valence-corrected chi connectivity index (χ3v) is 6.40. The van der Waals surface area contributed by atoms with E-state index in [0.717, 1.165) is 4.31 Å². The molecule has 8 nitrogen and oxygen atoms in total. The highest BCUT2D eigenvalue weighted by Crippen LogP contribution is 2.28. The molecule has 0 saturated carbocycles. The first-order valence-electron chi connectivity index (χ1n) is 9.62. The van der Waals surface area contributed by atoms with Crippen molar-refractivity contribution in [2.45, 2.75) is 4.90 Å². The van der Waals surface area contributed by atoms with Gasteiger partial charge in [0.15, 0.2) is 0 Å². The zero-order valence-corrected chi connectivity index (χ0v) is 18.8. The third kappa shape index (κ3) is 5.30. The van der Waals surface area contributed by atoms with Crippen LogP contribution in [-0.2, 0) is 14.8 Å². The number of benzene rings is 3. The van der Waals surface area contributed by atoms with Gasteiger partial charge in [0.05, 0.1) is 31.9 Å². The van der Waals surface area contributed by atoms with Crippen LogP contribution in [0.3, 0.4) is 0 Å². The van der Waals surface area contributed by atoms with Crippen molar-refractivity contribution in [2.24, 2.45) is 0 Å². The van der Waals surface area contributed by atoms with Crippen LogP contribution in [0.2, 0.25) is 0 Å². The number of carbonyl (C=O) groups is 1. The minimum Gasteiger partial charge on any atom is -0.497 e.